The highest BCUT2D eigenvalue weighted by Crippen LogP contribution is 2.33. The molecule has 0 aliphatic heterocycles. The number of carbonyl (C=O) groups excluding carboxylic acids is 1. The van der Waals surface area contributed by atoms with Crippen LogP contribution in [0.4, 0.5) is 13.2 Å². The minimum absolute atomic E-state index is 0.0359. The summed E-state index contributed by atoms with van der Waals surface area (Å²) >= 11 is 0. The highest BCUT2D eigenvalue weighted by molar-refractivity contribution is 5.96. The second kappa shape index (κ2) is 11.9. The van der Waals surface area contributed by atoms with Gasteiger partial charge in [-0.15, -0.1) is 0 Å². The van der Waals surface area contributed by atoms with Crippen molar-refractivity contribution in [2.45, 2.75) is 51.8 Å². The Morgan fingerprint density at radius 1 is 0.833 bits per heavy atom. The van der Waals surface area contributed by atoms with Gasteiger partial charge >= 0.3 is 12.1 Å². The number of halogens is 3. The van der Waals surface area contributed by atoms with Crippen LogP contribution in [0.5, 0.6) is 5.75 Å². The van der Waals surface area contributed by atoms with E-state index in [1.807, 2.05) is 24.3 Å². The summed E-state index contributed by atoms with van der Waals surface area (Å²) in [4.78, 5) is 23.0. The van der Waals surface area contributed by atoms with Crippen molar-refractivity contribution in [1.29, 1.82) is 0 Å². The molecule has 1 N–H and O–H groups in total. The van der Waals surface area contributed by atoms with Crippen LogP contribution in [0.2, 0.25) is 0 Å². The lowest BCUT2D eigenvalue weighted by Gasteiger charge is -2.22. The van der Waals surface area contributed by atoms with Crippen molar-refractivity contribution in [2.24, 2.45) is 5.92 Å². The summed E-state index contributed by atoms with van der Waals surface area (Å²) in [5.74, 6) is -0.0360. The third kappa shape index (κ3) is 7.70. The molecule has 3 aromatic rings. The Balaban J connectivity index is 1.70. The average Bonchev–Trinajstić information content (AvgIpc) is 2.83. The maximum absolute atomic E-state index is 12.8. The van der Waals surface area contributed by atoms with Gasteiger partial charge in [-0.2, -0.15) is 13.2 Å². The van der Waals surface area contributed by atoms with Gasteiger partial charge in [0.05, 0.1) is 5.56 Å². The van der Waals surface area contributed by atoms with Crippen LogP contribution in [0.15, 0.2) is 72.8 Å². The topological polar surface area (TPSA) is 63.6 Å². The van der Waals surface area contributed by atoms with Crippen LogP contribution in [-0.4, -0.2) is 16.9 Å². The van der Waals surface area contributed by atoms with Crippen molar-refractivity contribution in [2.75, 3.05) is 0 Å². The minimum Gasteiger partial charge on any atom is -0.486 e. The van der Waals surface area contributed by atoms with E-state index in [1.54, 1.807) is 24.3 Å². The molecule has 0 radical (unpaired) electrons. The van der Waals surface area contributed by atoms with Crippen LogP contribution >= 0.6 is 0 Å². The standard InChI is InChI=1S/C29H29F3O4/c1-19(2)18-27(23-8-6-22(7-9-23)26(33)4-3-5-28(34)35)36-25-16-12-21(13-17-25)20-10-14-24(15-11-20)29(30,31)32/h6-17,19,27H,3-5,18H2,1-2H3,(H,34,35). The number of rotatable bonds is 11. The van der Waals surface area contributed by atoms with Gasteiger partial charge in [0.15, 0.2) is 5.78 Å². The molecule has 0 spiro atoms. The van der Waals surface area contributed by atoms with E-state index in [9.17, 15) is 22.8 Å². The summed E-state index contributed by atoms with van der Waals surface area (Å²) in [6.07, 6.45) is -3.43. The molecule has 36 heavy (non-hydrogen) atoms. The Hall–Kier alpha value is -3.61. The van der Waals surface area contributed by atoms with Crippen molar-refractivity contribution >= 4 is 11.8 Å². The van der Waals surface area contributed by atoms with E-state index in [0.717, 1.165) is 29.7 Å². The minimum atomic E-state index is -4.37. The van der Waals surface area contributed by atoms with Gasteiger partial charge < -0.3 is 9.84 Å². The van der Waals surface area contributed by atoms with Gasteiger partial charge in [0.1, 0.15) is 11.9 Å². The van der Waals surface area contributed by atoms with E-state index in [-0.39, 0.29) is 24.7 Å². The summed E-state index contributed by atoms with van der Waals surface area (Å²) in [7, 11) is 0. The molecule has 4 nitrogen and oxygen atoms in total. The molecule has 0 heterocycles. The molecule has 0 saturated carbocycles. The lowest BCUT2D eigenvalue weighted by atomic mass is 9.97. The molecule has 0 saturated heterocycles. The summed E-state index contributed by atoms with van der Waals surface area (Å²) in [5, 5.41) is 8.73. The van der Waals surface area contributed by atoms with Crippen molar-refractivity contribution in [1.82, 2.24) is 0 Å². The molecular weight excluding hydrogens is 469 g/mol. The van der Waals surface area contributed by atoms with E-state index in [0.29, 0.717) is 29.2 Å². The van der Waals surface area contributed by atoms with Gasteiger partial charge in [0, 0.05) is 18.4 Å². The Morgan fingerprint density at radius 3 is 1.89 bits per heavy atom. The molecule has 3 aromatic carbocycles. The number of alkyl halides is 3. The Kier molecular flexibility index (Phi) is 8.91. The molecule has 0 aliphatic carbocycles. The average molecular weight is 499 g/mol. The number of benzene rings is 3. The second-order valence-electron chi connectivity index (χ2n) is 9.13. The molecule has 0 aromatic heterocycles. The summed E-state index contributed by atoms with van der Waals surface area (Å²) in [5.41, 5.74) is 2.22. The first-order valence-corrected chi connectivity index (χ1v) is 11.8. The monoisotopic (exact) mass is 498 g/mol. The Bertz CT molecular complexity index is 1150. The smallest absolute Gasteiger partial charge is 0.416 e. The largest absolute Gasteiger partial charge is 0.486 e. The number of carbonyl (C=O) groups is 2. The maximum atomic E-state index is 12.8. The first-order valence-electron chi connectivity index (χ1n) is 11.8. The van der Waals surface area contributed by atoms with Crippen LogP contribution in [-0.2, 0) is 11.0 Å². The SMILES string of the molecule is CC(C)CC(Oc1ccc(-c2ccc(C(F)(F)F)cc2)cc1)c1ccc(C(=O)CCCC(=O)O)cc1. The fourth-order valence-corrected chi connectivity index (χ4v) is 3.85. The Labute approximate surface area is 208 Å². The molecule has 7 heteroatoms. The third-order valence-electron chi connectivity index (χ3n) is 5.76. The Morgan fingerprint density at radius 2 is 1.39 bits per heavy atom. The number of Topliss-reactive ketones (excluding diaryl/α,β-unsaturated/α-hetero) is 1. The number of carboxylic acid groups (broad SMARTS) is 1. The molecule has 1 atom stereocenters. The number of carboxylic acids is 1. The van der Waals surface area contributed by atoms with E-state index >= 15 is 0 Å². The van der Waals surface area contributed by atoms with Crippen LogP contribution in [0.25, 0.3) is 11.1 Å². The predicted octanol–water partition coefficient (Wildman–Crippen LogP) is 7.98. The second-order valence-corrected chi connectivity index (χ2v) is 9.13. The van der Waals surface area contributed by atoms with E-state index in [4.69, 9.17) is 9.84 Å². The normalized spacial score (nSPS) is 12.4. The number of hydrogen-bond donors (Lipinski definition) is 1. The summed E-state index contributed by atoms with van der Waals surface area (Å²) in [6, 6.07) is 19.4. The van der Waals surface area contributed by atoms with Gasteiger partial charge in [-0.1, -0.05) is 62.4 Å². The highest BCUT2D eigenvalue weighted by Gasteiger charge is 2.30. The molecule has 190 valence electrons. The first-order chi connectivity index (χ1) is 17.0. The quantitative estimate of drug-likeness (QED) is 0.272. The molecule has 0 amide bonds. The number of ketones is 1. The number of hydrogen-bond acceptors (Lipinski definition) is 3. The third-order valence-corrected chi connectivity index (χ3v) is 5.76. The zero-order chi connectivity index (χ0) is 26.3. The van der Waals surface area contributed by atoms with E-state index in [1.165, 1.54) is 12.1 Å². The van der Waals surface area contributed by atoms with Crippen LogP contribution in [0, 0.1) is 5.92 Å². The van der Waals surface area contributed by atoms with Crippen LogP contribution in [0.3, 0.4) is 0 Å². The fraction of sp³-hybridized carbons (Fsp3) is 0.310. The zero-order valence-electron chi connectivity index (χ0n) is 20.2. The lowest BCUT2D eigenvalue weighted by molar-refractivity contribution is -0.138. The summed E-state index contributed by atoms with van der Waals surface area (Å²) < 4.78 is 44.7. The van der Waals surface area contributed by atoms with Gasteiger partial charge in [0.25, 0.3) is 0 Å². The molecule has 1 unspecified atom stereocenters. The highest BCUT2D eigenvalue weighted by atomic mass is 19.4. The number of aliphatic carboxylic acids is 1. The predicted molar refractivity (Wildman–Crippen MR) is 132 cm³/mol. The molecular formula is C29H29F3O4. The molecule has 3 rings (SSSR count). The lowest BCUT2D eigenvalue weighted by Crippen LogP contribution is -2.11. The van der Waals surface area contributed by atoms with E-state index < -0.39 is 17.7 Å². The molecule has 0 aliphatic rings. The van der Waals surface area contributed by atoms with Gasteiger partial charge in [-0.3, -0.25) is 9.59 Å². The van der Waals surface area contributed by atoms with Gasteiger partial charge in [-0.25, -0.2) is 0 Å². The van der Waals surface area contributed by atoms with Crippen molar-refractivity contribution < 1.29 is 32.6 Å². The van der Waals surface area contributed by atoms with Gasteiger partial charge in [-0.05, 0) is 59.7 Å². The van der Waals surface area contributed by atoms with Crippen molar-refractivity contribution in [3.63, 3.8) is 0 Å². The van der Waals surface area contributed by atoms with E-state index in [2.05, 4.69) is 13.8 Å². The maximum Gasteiger partial charge on any atom is 0.416 e. The fourth-order valence-electron chi connectivity index (χ4n) is 3.85. The van der Waals surface area contributed by atoms with Gasteiger partial charge in [0.2, 0.25) is 0 Å². The molecule has 0 bridgehead atoms. The zero-order valence-corrected chi connectivity index (χ0v) is 20.2. The number of ether oxygens (including phenoxy) is 1. The molecule has 0 fully saturated rings. The van der Waals surface area contributed by atoms with Crippen LogP contribution in [0.1, 0.15) is 67.1 Å². The van der Waals surface area contributed by atoms with Crippen molar-refractivity contribution in [3.05, 3.63) is 89.5 Å². The summed E-state index contributed by atoms with van der Waals surface area (Å²) in [6.45, 7) is 4.18. The first kappa shape index (κ1) is 27.0. The van der Waals surface area contributed by atoms with Crippen molar-refractivity contribution in [3.8, 4) is 16.9 Å². The van der Waals surface area contributed by atoms with Crippen LogP contribution < -0.4 is 4.74 Å².